The zero-order chi connectivity index (χ0) is 17.6. The van der Waals surface area contributed by atoms with Crippen molar-refractivity contribution in [2.45, 2.75) is 30.7 Å². The van der Waals surface area contributed by atoms with Gasteiger partial charge in [-0.15, -0.1) is 11.8 Å². The number of carbonyl (C=O) groups excluding carboxylic acids is 1. The zero-order valence-corrected chi connectivity index (χ0v) is 14.2. The molecule has 0 aromatic heterocycles. The molecule has 24 heavy (non-hydrogen) atoms. The van der Waals surface area contributed by atoms with E-state index >= 15 is 0 Å². The maximum Gasteiger partial charge on any atom is 0.407 e. The lowest BCUT2D eigenvalue weighted by Gasteiger charge is -2.35. The molecule has 0 fully saturated rings. The molecule has 0 aliphatic rings. The molecule has 2 aromatic rings. The van der Waals surface area contributed by atoms with Crippen molar-refractivity contribution in [1.82, 2.24) is 0 Å². The van der Waals surface area contributed by atoms with Gasteiger partial charge in [0, 0.05) is 6.42 Å². The number of benzene rings is 2. The third-order valence-electron chi connectivity index (χ3n) is 3.78. The summed E-state index contributed by atoms with van der Waals surface area (Å²) in [5, 5.41) is 0. The molecular weight excluding hydrogens is 333 g/mol. The summed E-state index contributed by atoms with van der Waals surface area (Å²) in [6, 6.07) is 17.1. The summed E-state index contributed by atoms with van der Waals surface area (Å²) in [6.07, 6.45) is -4.55. The zero-order valence-electron chi connectivity index (χ0n) is 13.3. The minimum absolute atomic E-state index is 0.130. The van der Waals surface area contributed by atoms with Crippen LogP contribution < -0.4 is 0 Å². The van der Waals surface area contributed by atoms with Crippen molar-refractivity contribution in [3.8, 4) is 0 Å². The molecule has 0 N–H and O–H groups in total. The Bertz CT molecular complexity index is 655. The van der Waals surface area contributed by atoms with E-state index in [2.05, 4.69) is 0 Å². The summed E-state index contributed by atoms with van der Waals surface area (Å²) in [6.45, 7) is 1.21. The number of carbonyl (C=O) groups is 1. The van der Waals surface area contributed by atoms with E-state index in [0.29, 0.717) is 6.42 Å². The van der Waals surface area contributed by atoms with Crippen molar-refractivity contribution in [1.29, 1.82) is 0 Å². The Balaban J connectivity index is 2.29. The number of aryl methyl sites for hydroxylation is 1. The maximum absolute atomic E-state index is 14.0. The van der Waals surface area contributed by atoms with E-state index in [9.17, 15) is 18.0 Å². The van der Waals surface area contributed by atoms with Gasteiger partial charge in [0.25, 0.3) is 0 Å². The van der Waals surface area contributed by atoms with Gasteiger partial charge in [-0.05, 0) is 30.2 Å². The number of rotatable bonds is 7. The third-order valence-corrected chi connectivity index (χ3v) is 5.29. The molecule has 0 aliphatic heterocycles. The summed E-state index contributed by atoms with van der Waals surface area (Å²) in [5.74, 6) is -0.186. The average molecular weight is 352 g/mol. The van der Waals surface area contributed by atoms with Gasteiger partial charge in [0.15, 0.2) is 0 Å². The van der Waals surface area contributed by atoms with Crippen LogP contribution in [0, 0.1) is 0 Å². The predicted molar refractivity (Wildman–Crippen MR) is 92.1 cm³/mol. The molecule has 2 aromatic carbocycles. The van der Waals surface area contributed by atoms with Crippen molar-refractivity contribution in [3.05, 3.63) is 71.8 Å². The van der Waals surface area contributed by atoms with Gasteiger partial charge in [-0.25, -0.2) is 0 Å². The van der Waals surface area contributed by atoms with Gasteiger partial charge < -0.3 is 0 Å². The maximum atomic E-state index is 14.0. The molecule has 1 nitrogen and oxygen atoms in total. The van der Waals surface area contributed by atoms with Gasteiger partial charge in [-0.1, -0.05) is 60.7 Å². The first-order valence-electron chi connectivity index (χ1n) is 7.65. The summed E-state index contributed by atoms with van der Waals surface area (Å²) in [4.78, 5) is 11.6. The Labute approximate surface area is 144 Å². The van der Waals surface area contributed by atoms with E-state index in [-0.39, 0.29) is 11.3 Å². The van der Waals surface area contributed by atoms with E-state index in [4.69, 9.17) is 0 Å². The van der Waals surface area contributed by atoms with E-state index in [1.807, 2.05) is 30.3 Å². The lowest BCUT2D eigenvalue weighted by atomic mass is 9.92. The van der Waals surface area contributed by atoms with Crippen LogP contribution in [0.15, 0.2) is 60.7 Å². The Hall–Kier alpha value is -1.75. The molecule has 0 aliphatic carbocycles. The Kier molecular flexibility index (Phi) is 6.10. The lowest BCUT2D eigenvalue weighted by molar-refractivity contribution is -0.166. The Morgan fingerprint density at radius 1 is 0.958 bits per heavy atom. The van der Waals surface area contributed by atoms with Gasteiger partial charge in [0.05, 0.1) is 0 Å². The highest BCUT2D eigenvalue weighted by Gasteiger charge is 2.56. The molecule has 0 unspecified atom stereocenters. The Morgan fingerprint density at radius 2 is 1.50 bits per heavy atom. The quantitative estimate of drug-likeness (QED) is 0.664. The second kappa shape index (κ2) is 7.88. The van der Waals surface area contributed by atoms with Crippen LogP contribution in [0.1, 0.15) is 24.5 Å². The van der Waals surface area contributed by atoms with Crippen LogP contribution >= 0.6 is 11.8 Å². The van der Waals surface area contributed by atoms with Crippen LogP contribution in [0.25, 0.3) is 0 Å². The van der Waals surface area contributed by atoms with Crippen molar-refractivity contribution < 1.29 is 18.0 Å². The molecule has 128 valence electrons. The fourth-order valence-electron chi connectivity index (χ4n) is 2.63. The summed E-state index contributed by atoms with van der Waals surface area (Å²) in [5.41, 5.74) is 1.11. The van der Waals surface area contributed by atoms with Crippen molar-refractivity contribution in [2.75, 3.05) is 5.75 Å². The first kappa shape index (κ1) is 18.6. The average Bonchev–Trinajstić information content (AvgIpc) is 2.54. The van der Waals surface area contributed by atoms with Gasteiger partial charge in [0.1, 0.15) is 10.5 Å². The van der Waals surface area contributed by atoms with Crippen molar-refractivity contribution >= 4 is 17.5 Å². The summed E-state index contributed by atoms with van der Waals surface area (Å²) >= 11 is 0.806. The van der Waals surface area contributed by atoms with E-state index in [1.165, 1.54) is 19.1 Å². The molecule has 0 bridgehead atoms. The number of halogens is 3. The summed E-state index contributed by atoms with van der Waals surface area (Å²) < 4.78 is 39.7. The fraction of sp³-hybridized carbons (Fsp3) is 0.316. The largest absolute Gasteiger partial charge is 0.407 e. The normalized spacial score (nSPS) is 14.2. The highest BCUT2D eigenvalue weighted by atomic mass is 32.2. The molecule has 2 rings (SSSR count). The first-order valence-corrected chi connectivity index (χ1v) is 8.63. The van der Waals surface area contributed by atoms with Crippen molar-refractivity contribution in [2.24, 2.45) is 0 Å². The van der Waals surface area contributed by atoms with E-state index in [1.54, 1.807) is 18.2 Å². The molecule has 0 saturated heterocycles. The predicted octanol–water partition coefficient (Wildman–Crippen LogP) is 5.40. The number of thioether (sulfide) groups is 1. The molecular formula is C19H19F3OS. The van der Waals surface area contributed by atoms with Crippen LogP contribution in [0.5, 0.6) is 0 Å². The minimum Gasteiger partial charge on any atom is -0.300 e. The van der Waals surface area contributed by atoms with E-state index in [0.717, 1.165) is 17.3 Å². The number of hydrogen-bond donors (Lipinski definition) is 0. The first-order chi connectivity index (χ1) is 11.3. The van der Waals surface area contributed by atoms with Crippen LogP contribution in [0.3, 0.4) is 0 Å². The minimum atomic E-state index is -4.51. The van der Waals surface area contributed by atoms with Gasteiger partial charge in [-0.3, -0.25) is 4.79 Å². The molecule has 0 spiro atoms. The monoisotopic (exact) mass is 352 g/mol. The number of alkyl halides is 3. The van der Waals surface area contributed by atoms with Crippen molar-refractivity contribution in [3.63, 3.8) is 0 Å². The van der Waals surface area contributed by atoms with Crippen LogP contribution in [-0.4, -0.2) is 17.7 Å². The van der Waals surface area contributed by atoms with E-state index < -0.39 is 23.1 Å². The molecule has 1 atom stereocenters. The fourth-order valence-corrected chi connectivity index (χ4v) is 4.09. The SMILES string of the molecule is CC(=O)C[C@](SCCc1ccccc1)(c1ccccc1)C(F)(F)F. The number of hydrogen-bond acceptors (Lipinski definition) is 2. The second-order valence-electron chi connectivity index (χ2n) is 5.65. The Morgan fingerprint density at radius 3 is 2.00 bits per heavy atom. The molecule has 5 heteroatoms. The van der Waals surface area contributed by atoms with Crippen LogP contribution in [-0.2, 0) is 16.0 Å². The lowest BCUT2D eigenvalue weighted by Crippen LogP contribution is -2.41. The van der Waals surface area contributed by atoms with Gasteiger partial charge >= 0.3 is 6.18 Å². The molecule has 0 amide bonds. The van der Waals surface area contributed by atoms with Crippen LogP contribution in [0.4, 0.5) is 13.2 Å². The highest BCUT2D eigenvalue weighted by molar-refractivity contribution is 8.00. The summed E-state index contributed by atoms with van der Waals surface area (Å²) in [7, 11) is 0. The molecule has 0 heterocycles. The number of Topliss-reactive ketones (excluding diaryl/α,β-unsaturated/α-hetero) is 1. The third kappa shape index (κ3) is 4.41. The highest BCUT2D eigenvalue weighted by Crippen LogP contribution is 2.52. The van der Waals surface area contributed by atoms with Gasteiger partial charge in [-0.2, -0.15) is 13.2 Å². The standard InChI is InChI=1S/C19H19F3OS/c1-15(23)14-18(19(20,21)22,17-10-6-3-7-11-17)24-13-12-16-8-4-2-5-9-16/h2-11H,12-14H2,1H3/t18-/m0/s1. The number of ketones is 1. The second-order valence-corrected chi connectivity index (χ2v) is 7.05. The topological polar surface area (TPSA) is 17.1 Å². The van der Waals surface area contributed by atoms with Gasteiger partial charge in [0.2, 0.25) is 0 Å². The molecule has 0 radical (unpaired) electrons. The van der Waals surface area contributed by atoms with Crippen LogP contribution in [0.2, 0.25) is 0 Å². The smallest absolute Gasteiger partial charge is 0.300 e. The molecule has 0 saturated carbocycles.